The Labute approximate surface area is 358 Å². The SMILES string of the molecule is c1ccc(-c2nc(-c3cccc(-n4c5ccccc5c5ccc(-c6ccc7c(c6)c6ccccc6n7-c6ccccc6)cc54)c3)nc(-c3ccccc3-c3ccccc3)n2)cc1. The first-order valence-electron chi connectivity index (χ1n) is 20.9. The number of nitrogens with zero attached hydrogens (tertiary/aromatic N) is 5. The number of aromatic nitrogens is 5. The fraction of sp³-hybridized carbons (Fsp3) is 0. The van der Waals surface area contributed by atoms with Gasteiger partial charge in [0, 0.05) is 49.6 Å². The predicted octanol–water partition coefficient (Wildman–Crippen LogP) is 14.4. The number of hydrogen-bond acceptors (Lipinski definition) is 3. The van der Waals surface area contributed by atoms with Crippen molar-refractivity contribution in [1.82, 2.24) is 24.1 Å². The number of para-hydroxylation sites is 3. The van der Waals surface area contributed by atoms with E-state index in [1.54, 1.807) is 0 Å². The van der Waals surface area contributed by atoms with Crippen molar-refractivity contribution in [2.24, 2.45) is 0 Å². The highest BCUT2D eigenvalue weighted by molar-refractivity contribution is 6.12. The van der Waals surface area contributed by atoms with Crippen molar-refractivity contribution in [3.05, 3.63) is 224 Å². The van der Waals surface area contributed by atoms with Gasteiger partial charge in [-0.25, -0.2) is 15.0 Å². The van der Waals surface area contributed by atoms with Gasteiger partial charge in [-0.1, -0.05) is 170 Å². The molecule has 3 aromatic heterocycles. The number of benzene rings is 9. The zero-order valence-electron chi connectivity index (χ0n) is 33.6. The summed E-state index contributed by atoms with van der Waals surface area (Å²) in [6.07, 6.45) is 0. The minimum absolute atomic E-state index is 0.614. The molecule has 0 spiro atoms. The lowest BCUT2D eigenvalue weighted by Gasteiger charge is -2.13. The third kappa shape index (κ3) is 5.98. The Kier molecular flexibility index (Phi) is 8.42. The Bertz CT molecular complexity index is 3620. The van der Waals surface area contributed by atoms with E-state index in [4.69, 9.17) is 15.0 Å². The number of rotatable bonds is 7. The molecule has 0 aliphatic heterocycles. The fourth-order valence-electron chi connectivity index (χ4n) is 9.11. The van der Waals surface area contributed by atoms with Crippen LogP contribution in [0.25, 0.3) is 111 Å². The van der Waals surface area contributed by atoms with Crippen LogP contribution in [0.5, 0.6) is 0 Å². The minimum atomic E-state index is 0.614. The molecule has 0 bridgehead atoms. The summed E-state index contributed by atoms with van der Waals surface area (Å²) in [7, 11) is 0. The predicted molar refractivity (Wildman–Crippen MR) is 256 cm³/mol. The quantitative estimate of drug-likeness (QED) is 0.162. The van der Waals surface area contributed by atoms with Crippen molar-refractivity contribution in [2.75, 3.05) is 0 Å². The van der Waals surface area contributed by atoms with E-state index < -0.39 is 0 Å². The molecule has 3 heterocycles. The Morgan fingerprint density at radius 3 is 1.47 bits per heavy atom. The van der Waals surface area contributed by atoms with Crippen LogP contribution in [0.4, 0.5) is 0 Å². The molecule has 9 aromatic carbocycles. The van der Waals surface area contributed by atoms with E-state index >= 15 is 0 Å². The maximum atomic E-state index is 5.22. The largest absolute Gasteiger partial charge is 0.309 e. The standard InChI is InChI=1S/C57H37N5/c1-4-17-38(18-5-1)45-25-10-11-28-49(45)57-59-55(39-19-6-2-7-20-39)58-56(60-57)42-21-16-24-44(35-42)62-51-29-14-12-26-46(51)48-33-31-41(37-54(48)62)40-32-34-53-50(36-40)47-27-13-15-30-52(47)61(53)43-22-8-3-9-23-43/h1-37H. The van der Waals surface area contributed by atoms with Gasteiger partial charge in [0.25, 0.3) is 0 Å². The molecule has 0 atom stereocenters. The zero-order valence-corrected chi connectivity index (χ0v) is 33.6. The Balaban J connectivity index is 1.02. The van der Waals surface area contributed by atoms with Crippen molar-refractivity contribution in [3.63, 3.8) is 0 Å². The van der Waals surface area contributed by atoms with E-state index in [-0.39, 0.29) is 0 Å². The highest BCUT2D eigenvalue weighted by Crippen LogP contribution is 2.39. The molecule has 0 aliphatic carbocycles. The van der Waals surface area contributed by atoms with Gasteiger partial charge >= 0.3 is 0 Å². The van der Waals surface area contributed by atoms with Crippen LogP contribution >= 0.6 is 0 Å². The molecule has 5 heteroatoms. The summed E-state index contributed by atoms with van der Waals surface area (Å²) in [6, 6.07) is 79.3. The van der Waals surface area contributed by atoms with E-state index in [2.05, 4.69) is 203 Å². The van der Waals surface area contributed by atoms with Crippen LogP contribution in [-0.2, 0) is 0 Å². The van der Waals surface area contributed by atoms with E-state index in [1.165, 1.54) is 38.1 Å². The number of hydrogen-bond donors (Lipinski definition) is 0. The normalized spacial score (nSPS) is 11.5. The van der Waals surface area contributed by atoms with E-state index in [9.17, 15) is 0 Å². The molecule has 12 rings (SSSR count). The smallest absolute Gasteiger partial charge is 0.164 e. The maximum Gasteiger partial charge on any atom is 0.164 e. The average molecular weight is 792 g/mol. The van der Waals surface area contributed by atoms with E-state index in [0.717, 1.165) is 55.8 Å². The van der Waals surface area contributed by atoms with Crippen LogP contribution in [0.1, 0.15) is 0 Å². The van der Waals surface area contributed by atoms with E-state index in [0.29, 0.717) is 17.5 Å². The van der Waals surface area contributed by atoms with Gasteiger partial charge < -0.3 is 9.13 Å². The van der Waals surface area contributed by atoms with Crippen molar-refractivity contribution >= 4 is 43.6 Å². The van der Waals surface area contributed by atoms with Gasteiger partial charge in [-0.3, -0.25) is 0 Å². The molecule has 0 fully saturated rings. The molecule has 12 aromatic rings. The second kappa shape index (κ2) is 14.7. The zero-order chi connectivity index (χ0) is 41.0. The lowest BCUT2D eigenvalue weighted by Crippen LogP contribution is -2.02. The Hall–Kier alpha value is -8.41. The Morgan fingerprint density at radius 2 is 0.726 bits per heavy atom. The van der Waals surface area contributed by atoms with Gasteiger partial charge in [-0.15, -0.1) is 0 Å². The second-order valence-corrected chi connectivity index (χ2v) is 15.6. The summed E-state index contributed by atoms with van der Waals surface area (Å²) in [5, 5.41) is 4.86. The highest BCUT2D eigenvalue weighted by atomic mass is 15.0. The Morgan fingerprint density at radius 1 is 0.242 bits per heavy atom. The third-order valence-corrected chi connectivity index (χ3v) is 12.0. The van der Waals surface area contributed by atoms with Crippen LogP contribution in [0.2, 0.25) is 0 Å². The van der Waals surface area contributed by atoms with Gasteiger partial charge in [-0.05, 0) is 76.9 Å². The van der Waals surface area contributed by atoms with Crippen LogP contribution in [0.15, 0.2) is 224 Å². The summed E-state index contributed by atoms with van der Waals surface area (Å²) in [4.78, 5) is 15.5. The third-order valence-electron chi connectivity index (χ3n) is 12.0. The summed E-state index contributed by atoms with van der Waals surface area (Å²) in [5.41, 5.74) is 14.1. The molecule has 0 unspecified atom stereocenters. The van der Waals surface area contributed by atoms with Crippen LogP contribution in [0, 0.1) is 0 Å². The average Bonchev–Trinajstić information content (AvgIpc) is 3.87. The fourth-order valence-corrected chi connectivity index (χ4v) is 9.11. The van der Waals surface area contributed by atoms with Gasteiger partial charge in [0.05, 0.1) is 22.1 Å². The van der Waals surface area contributed by atoms with Gasteiger partial charge in [0.1, 0.15) is 0 Å². The molecule has 290 valence electrons. The molecule has 62 heavy (non-hydrogen) atoms. The van der Waals surface area contributed by atoms with Gasteiger partial charge in [0.2, 0.25) is 0 Å². The van der Waals surface area contributed by atoms with Gasteiger partial charge in [0.15, 0.2) is 17.5 Å². The molecule has 0 amide bonds. The van der Waals surface area contributed by atoms with Crippen molar-refractivity contribution in [2.45, 2.75) is 0 Å². The molecule has 0 saturated heterocycles. The molecule has 0 saturated carbocycles. The molecular formula is C57H37N5. The maximum absolute atomic E-state index is 5.22. The summed E-state index contributed by atoms with van der Waals surface area (Å²) < 4.78 is 4.74. The topological polar surface area (TPSA) is 48.5 Å². The first kappa shape index (κ1) is 35.5. The molecule has 0 aliphatic rings. The lowest BCUT2D eigenvalue weighted by molar-refractivity contribution is 1.07. The lowest BCUT2D eigenvalue weighted by atomic mass is 9.99. The van der Waals surface area contributed by atoms with Crippen molar-refractivity contribution in [1.29, 1.82) is 0 Å². The molecule has 0 radical (unpaired) electrons. The van der Waals surface area contributed by atoms with Crippen molar-refractivity contribution < 1.29 is 0 Å². The first-order chi connectivity index (χ1) is 30.7. The molecule has 0 N–H and O–H groups in total. The second-order valence-electron chi connectivity index (χ2n) is 15.6. The first-order valence-corrected chi connectivity index (χ1v) is 20.9. The molecular weight excluding hydrogens is 755 g/mol. The van der Waals surface area contributed by atoms with Gasteiger partial charge in [-0.2, -0.15) is 0 Å². The van der Waals surface area contributed by atoms with Crippen LogP contribution in [0.3, 0.4) is 0 Å². The minimum Gasteiger partial charge on any atom is -0.309 e. The summed E-state index contributed by atoms with van der Waals surface area (Å²) in [5.74, 6) is 1.87. The van der Waals surface area contributed by atoms with Crippen LogP contribution in [-0.4, -0.2) is 24.1 Å². The monoisotopic (exact) mass is 791 g/mol. The summed E-state index contributed by atoms with van der Waals surface area (Å²) >= 11 is 0. The van der Waals surface area contributed by atoms with Crippen molar-refractivity contribution in [3.8, 4) is 67.8 Å². The van der Waals surface area contributed by atoms with E-state index in [1.807, 2.05) is 30.3 Å². The molecule has 5 nitrogen and oxygen atoms in total. The summed E-state index contributed by atoms with van der Waals surface area (Å²) in [6.45, 7) is 0. The van der Waals surface area contributed by atoms with Crippen LogP contribution < -0.4 is 0 Å². The number of fused-ring (bicyclic) bond motifs is 6. The highest BCUT2D eigenvalue weighted by Gasteiger charge is 2.19.